The standard InChI is InChI=1S/C16H29BrN4/c1-4-14-16(17)15(21(5-2)19-14)12-18-11-13(3)20-9-7-6-8-10-20/h13,18H,4-12H2,1-3H3. The molecule has 0 spiro atoms. The maximum Gasteiger partial charge on any atom is 0.0767 e. The van der Waals surface area contributed by atoms with Gasteiger partial charge in [0.25, 0.3) is 0 Å². The van der Waals surface area contributed by atoms with E-state index in [4.69, 9.17) is 0 Å². The molecule has 5 heteroatoms. The van der Waals surface area contributed by atoms with Gasteiger partial charge >= 0.3 is 0 Å². The Hall–Kier alpha value is -0.390. The van der Waals surface area contributed by atoms with E-state index in [-0.39, 0.29) is 0 Å². The second-order valence-electron chi connectivity index (χ2n) is 5.95. The normalized spacial score (nSPS) is 18.1. The maximum atomic E-state index is 4.65. The van der Waals surface area contributed by atoms with Crippen LogP contribution in [0.3, 0.4) is 0 Å². The molecule has 1 saturated heterocycles. The fourth-order valence-corrected chi connectivity index (χ4v) is 3.78. The van der Waals surface area contributed by atoms with Crippen molar-refractivity contribution in [1.82, 2.24) is 20.0 Å². The first kappa shape index (κ1) is 17.0. The van der Waals surface area contributed by atoms with Crippen LogP contribution in [-0.4, -0.2) is 40.4 Å². The molecule has 1 N–H and O–H groups in total. The summed E-state index contributed by atoms with van der Waals surface area (Å²) in [5.41, 5.74) is 2.44. The number of nitrogens with zero attached hydrogens (tertiary/aromatic N) is 3. The smallest absolute Gasteiger partial charge is 0.0767 e. The molecular formula is C16H29BrN4. The van der Waals surface area contributed by atoms with E-state index < -0.39 is 0 Å². The highest BCUT2D eigenvalue weighted by molar-refractivity contribution is 9.10. The first-order chi connectivity index (χ1) is 10.2. The lowest BCUT2D eigenvalue weighted by atomic mass is 10.1. The van der Waals surface area contributed by atoms with Crippen LogP contribution in [0.2, 0.25) is 0 Å². The topological polar surface area (TPSA) is 33.1 Å². The van der Waals surface area contributed by atoms with E-state index in [2.05, 4.69) is 56.7 Å². The van der Waals surface area contributed by atoms with E-state index in [1.165, 1.54) is 42.5 Å². The number of aryl methyl sites for hydroxylation is 2. The average Bonchev–Trinajstić information content (AvgIpc) is 2.84. The Morgan fingerprint density at radius 2 is 1.95 bits per heavy atom. The molecule has 2 heterocycles. The van der Waals surface area contributed by atoms with Crippen molar-refractivity contribution < 1.29 is 0 Å². The third-order valence-electron chi connectivity index (χ3n) is 4.44. The number of rotatable bonds is 7. The van der Waals surface area contributed by atoms with E-state index >= 15 is 0 Å². The predicted molar refractivity (Wildman–Crippen MR) is 91.6 cm³/mol. The van der Waals surface area contributed by atoms with Crippen molar-refractivity contribution in [3.05, 3.63) is 15.9 Å². The number of likely N-dealkylation sites (tertiary alicyclic amines) is 1. The van der Waals surface area contributed by atoms with Crippen LogP contribution in [0.5, 0.6) is 0 Å². The van der Waals surface area contributed by atoms with Crippen molar-refractivity contribution in [2.24, 2.45) is 0 Å². The van der Waals surface area contributed by atoms with Crippen molar-refractivity contribution in [2.75, 3.05) is 19.6 Å². The van der Waals surface area contributed by atoms with Gasteiger partial charge in [-0.05, 0) is 62.1 Å². The van der Waals surface area contributed by atoms with E-state index in [9.17, 15) is 0 Å². The number of nitrogens with one attached hydrogen (secondary N) is 1. The van der Waals surface area contributed by atoms with Crippen molar-refractivity contribution in [3.63, 3.8) is 0 Å². The number of aromatic nitrogens is 2. The summed E-state index contributed by atoms with van der Waals surface area (Å²) in [5.74, 6) is 0. The van der Waals surface area contributed by atoms with Crippen LogP contribution in [0.15, 0.2) is 4.47 Å². The van der Waals surface area contributed by atoms with Crippen LogP contribution in [0.1, 0.15) is 51.4 Å². The quantitative estimate of drug-likeness (QED) is 0.814. The largest absolute Gasteiger partial charge is 0.310 e. The van der Waals surface area contributed by atoms with Crippen molar-refractivity contribution in [1.29, 1.82) is 0 Å². The highest BCUT2D eigenvalue weighted by Gasteiger charge is 2.17. The molecule has 0 radical (unpaired) electrons. The molecule has 21 heavy (non-hydrogen) atoms. The number of halogens is 1. The fraction of sp³-hybridized carbons (Fsp3) is 0.812. The molecule has 1 aromatic heterocycles. The Bertz CT molecular complexity index is 438. The molecule has 1 unspecified atom stereocenters. The predicted octanol–water partition coefficient (Wildman–Crippen LogP) is 3.19. The zero-order valence-electron chi connectivity index (χ0n) is 13.7. The molecule has 1 fully saturated rings. The second-order valence-corrected chi connectivity index (χ2v) is 6.75. The van der Waals surface area contributed by atoms with Gasteiger partial charge in [0.15, 0.2) is 0 Å². The monoisotopic (exact) mass is 356 g/mol. The molecule has 1 aromatic rings. The van der Waals surface area contributed by atoms with Gasteiger partial charge in [0, 0.05) is 25.7 Å². The van der Waals surface area contributed by atoms with Gasteiger partial charge in [-0.3, -0.25) is 9.58 Å². The molecule has 120 valence electrons. The summed E-state index contributed by atoms with van der Waals surface area (Å²) < 4.78 is 3.30. The Balaban J connectivity index is 1.86. The van der Waals surface area contributed by atoms with E-state index in [1.807, 2.05) is 0 Å². The van der Waals surface area contributed by atoms with Gasteiger partial charge in [-0.15, -0.1) is 0 Å². The molecule has 1 aliphatic heterocycles. The van der Waals surface area contributed by atoms with Crippen LogP contribution in [0, 0.1) is 0 Å². The van der Waals surface area contributed by atoms with Gasteiger partial charge in [0.2, 0.25) is 0 Å². The molecule has 0 amide bonds. The Morgan fingerprint density at radius 1 is 1.24 bits per heavy atom. The summed E-state index contributed by atoms with van der Waals surface area (Å²) in [4.78, 5) is 2.61. The minimum Gasteiger partial charge on any atom is -0.310 e. The Kier molecular flexibility index (Phi) is 6.71. The fourth-order valence-electron chi connectivity index (χ4n) is 3.07. The maximum absolute atomic E-state index is 4.65. The van der Waals surface area contributed by atoms with Crippen molar-refractivity contribution >= 4 is 15.9 Å². The van der Waals surface area contributed by atoms with Crippen molar-refractivity contribution in [2.45, 2.75) is 65.6 Å². The summed E-state index contributed by atoms with van der Waals surface area (Å²) in [7, 11) is 0. The number of hydrogen-bond donors (Lipinski definition) is 1. The lowest BCUT2D eigenvalue weighted by Crippen LogP contribution is -2.43. The summed E-state index contributed by atoms with van der Waals surface area (Å²) in [6.07, 6.45) is 5.10. The van der Waals surface area contributed by atoms with Gasteiger partial charge in [0.1, 0.15) is 0 Å². The summed E-state index contributed by atoms with van der Waals surface area (Å²) in [6.45, 7) is 12.0. The molecule has 0 aromatic carbocycles. The Morgan fingerprint density at radius 3 is 2.57 bits per heavy atom. The van der Waals surface area contributed by atoms with Crippen LogP contribution in [-0.2, 0) is 19.5 Å². The minimum absolute atomic E-state index is 0.618. The third kappa shape index (κ3) is 4.30. The average molecular weight is 357 g/mol. The van der Waals surface area contributed by atoms with E-state index in [1.54, 1.807) is 0 Å². The van der Waals surface area contributed by atoms with Gasteiger partial charge in [-0.1, -0.05) is 13.3 Å². The summed E-state index contributed by atoms with van der Waals surface area (Å²) in [6, 6.07) is 0.618. The molecule has 0 saturated carbocycles. The molecular weight excluding hydrogens is 328 g/mol. The van der Waals surface area contributed by atoms with E-state index in [0.717, 1.165) is 31.7 Å². The van der Waals surface area contributed by atoms with Crippen molar-refractivity contribution in [3.8, 4) is 0 Å². The van der Waals surface area contributed by atoms with Crippen LogP contribution in [0.4, 0.5) is 0 Å². The van der Waals surface area contributed by atoms with Crippen LogP contribution >= 0.6 is 15.9 Å². The Labute approximate surface area is 137 Å². The highest BCUT2D eigenvalue weighted by Crippen LogP contribution is 2.22. The molecule has 1 atom stereocenters. The van der Waals surface area contributed by atoms with Crippen LogP contribution < -0.4 is 5.32 Å². The molecule has 2 rings (SSSR count). The molecule has 0 aliphatic carbocycles. The SMILES string of the molecule is CCc1nn(CC)c(CNCC(C)N2CCCCC2)c1Br. The van der Waals surface area contributed by atoms with Crippen LogP contribution in [0.25, 0.3) is 0 Å². The van der Waals surface area contributed by atoms with Gasteiger partial charge in [-0.2, -0.15) is 5.10 Å². The number of hydrogen-bond acceptors (Lipinski definition) is 3. The summed E-state index contributed by atoms with van der Waals surface area (Å²) in [5, 5.41) is 8.27. The highest BCUT2D eigenvalue weighted by atomic mass is 79.9. The molecule has 1 aliphatic rings. The first-order valence-electron chi connectivity index (χ1n) is 8.36. The molecule has 0 bridgehead atoms. The van der Waals surface area contributed by atoms with Gasteiger partial charge < -0.3 is 5.32 Å². The van der Waals surface area contributed by atoms with Gasteiger partial charge in [0.05, 0.1) is 15.9 Å². The first-order valence-corrected chi connectivity index (χ1v) is 9.15. The zero-order chi connectivity index (χ0) is 15.2. The summed E-state index contributed by atoms with van der Waals surface area (Å²) >= 11 is 3.71. The van der Waals surface area contributed by atoms with E-state index in [0.29, 0.717) is 6.04 Å². The minimum atomic E-state index is 0.618. The lowest BCUT2D eigenvalue weighted by Gasteiger charge is -2.32. The van der Waals surface area contributed by atoms with Gasteiger partial charge in [-0.25, -0.2) is 0 Å². The molecule has 4 nitrogen and oxygen atoms in total. The second kappa shape index (κ2) is 8.30. The zero-order valence-corrected chi connectivity index (χ0v) is 15.2. The number of piperidine rings is 1. The lowest BCUT2D eigenvalue weighted by molar-refractivity contribution is 0.170. The third-order valence-corrected chi connectivity index (χ3v) is 5.36.